The van der Waals surface area contributed by atoms with Gasteiger partial charge < -0.3 is 15.0 Å². The first-order valence-corrected chi connectivity index (χ1v) is 11.5. The van der Waals surface area contributed by atoms with E-state index >= 15 is 0 Å². The Balaban J connectivity index is 1.41. The molecule has 1 heterocycles. The van der Waals surface area contributed by atoms with Gasteiger partial charge in [-0.05, 0) is 56.4 Å². The van der Waals surface area contributed by atoms with Crippen molar-refractivity contribution in [3.8, 4) is 5.75 Å². The molecule has 5 heteroatoms. The van der Waals surface area contributed by atoms with Crippen LogP contribution in [0.25, 0.3) is 0 Å². The summed E-state index contributed by atoms with van der Waals surface area (Å²) in [7, 11) is 0. The number of amides is 2. The first kappa shape index (κ1) is 21.7. The van der Waals surface area contributed by atoms with Gasteiger partial charge in [0.05, 0.1) is 6.61 Å². The Hall–Kier alpha value is -2.04. The lowest BCUT2D eigenvalue weighted by Crippen LogP contribution is -2.48. The number of hydrogen-bond acceptors (Lipinski definition) is 3. The highest BCUT2D eigenvalue weighted by Crippen LogP contribution is 2.24. The van der Waals surface area contributed by atoms with E-state index in [1.165, 1.54) is 32.1 Å². The van der Waals surface area contributed by atoms with Crippen molar-refractivity contribution in [2.45, 2.75) is 77.2 Å². The highest BCUT2D eigenvalue weighted by molar-refractivity contribution is 5.94. The normalized spacial score (nSPS) is 18.4. The summed E-state index contributed by atoms with van der Waals surface area (Å²) in [4.78, 5) is 27.1. The molecule has 0 bridgehead atoms. The Morgan fingerprint density at radius 1 is 1.00 bits per heavy atom. The molecule has 2 aliphatic rings. The van der Waals surface area contributed by atoms with Crippen LogP contribution in [-0.4, -0.2) is 42.5 Å². The number of carbonyl (C=O) groups excluding carboxylic acids is 2. The number of piperidine rings is 1. The Kier molecular flexibility index (Phi) is 8.38. The van der Waals surface area contributed by atoms with Crippen LogP contribution in [0.2, 0.25) is 0 Å². The molecule has 0 atom stereocenters. The van der Waals surface area contributed by atoms with Gasteiger partial charge >= 0.3 is 0 Å². The zero-order valence-corrected chi connectivity index (χ0v) is 17.8. The van der Waals surface area contributed by atoms with Crippen molar-refractivity contribution in [3.05, 3.63) is 29.8 Å². The first-order chi connectivity index (χ1) is 14.2. The molecule has 29 heavy (non-hydrogen) atoms. The third kappa shape index (κ3) is 6.48. The molecule has 1 saturated heterocycles. The van der Waals surface area contributed by atoms with Gasteiger partial charge in [0.2, 0.25) is 5.91 Å². The minimum atomic E-state index is 0.0691. The second-order valence-corrected chi connectivity index (χ2v) is 8.49. The Labute approximate surface area is 175 Å². The van der Waals surface area contributed by atoms with E-state index in [-0.39, 0.29) is 23.8 Å². The first-order valence-electron chi connectivity index (χ1n) is 11.5. The zero-order chi connectivity index (χ0) is 20.5. The van der Waals surface area contributed by atoms with E-state index < -0.39 is 0 Å². The van der Waals surface area contributed by atoms with Crippen LogP contribution in [0, 0.1) is 5.92 Å². The predicted octanol–water partition coefficient (Wildman–Crippen LogP) is 4.56. The van der Waals surface area contributed by atoms with Crippen LogP contribution in [0.5, 0.6) is 5.75 Å². The summed E-state index contributed by atoms with van der Waals surface area (Å²) in [6, 6.07) is 7.68. The maximum absolute atomic E-state index is 12.8. The third-order valence-electron chi connectivity index (χ3n) is 6.22. The second kappa shape index (κ2) is 11.2. The molecular formula is C24H36N2O3. The van der Waals surface area contributed by atoms with Crippen LogP contribution in [0.4, 0.5) is 0 Å². The van der Waals surface area contributed by atoms with Crippen LogP contribution in [0.3, 0.4) is 0 Å². The van der Waals surface area contributed by atoms with Crippen molar-refractivity contribution in [1.29, 1.82) is 0 Å². The minimum Gasteiger partial charge on any atom is -0.494 e. The van der Waals surface area contributed by atoms with E-state index in [9.17, 15) is 9.59 Å². The van der Waals surface area contributed by atoms with Crippen molar-refractivity contribution >= 4 is 11.8 Å². The van der Waals surface area contributed by atoms with Crippen molar-refractivity contribution in [1.82, 2.24) is 10.2 Å². The molecule has 0 radical (unpaired) electrons. The molecule has 5 nitrogen and oxygen atoms in total. The summed E-state index contributed by atoms with van der Waals surface area (Å²) >= 11 is 0. The fourth-order valence-corrected chi connectivity index (χ4v) is 4.33. The number of rotatable bonds is 8. The summed E-state index contributed by atoms with van der Waals surface area (Å²) in [5, 5.41) is 3.23. The summed E-state index contributed by atoms with van der Waals surface area (Å²) in [6.07, 6.45) is 10.8. The zero-order valence-electron chi connectivity index (χ0n) is 17.8. The predicted molar refractivity (Wildman–Crippen MR) is 115 cm³/mol. The molecular weight excluding hydrogens is 364 g/mol. The van der Waals surface area contributed by atoms with Gasteiger partial charge in [0.1, 0.15) is 5.75 Å². The third-order valence-corrected chi connectivity index (χ3v) is 6.22. The number of ether oxygens (including phenoxy) is 1. The lowest BCUT2D eigenvalue weighted by molar-refractivity contribution is -0.126. The molecule has 2 fully saturated rings. The monoisotopic (exact) mass is 400 g/mol. The van der Waals surface area contributed by atoms with Gasteiger partial charge in [-0.25, -0.2) is 0 Å². The standard InChI is InChI=1S/C24H36N2O3/c1-2-3-7-18-29-22-12-10-20(11-13-22)24(28)26-16-14-21(15-17-26)25-23(27)19-8-5-4-6-9-19/h10-13,19,21H,2-9,14-18H2,1H3,(H,25,27). The largest absolute Gasteiger partial charge is 0.494 e. The molecule has 1 saturated carbocycles. The van der Waals surface area contributed by atoms with Crippen LogP contribution < -0.4 is 10.1 Å². The minimum absolute atomic E-state index is 0.0691. The smallest absolute Gasteiger partial charge is 0.253 e. The van der Waals surface area contributed by atoms with E-state index in [1.54, 1.807) is 0 Å². The lowest BCUT2D eigenvalue weighted by atomic mass is 9.88. The fraction of sp³-hybridized carbons (Fsp3) is 0.667. The molecule has 3 rings (SSSR count). The average molecular weight is 401 g/mol. The van der Waals surface area contributed by atoms with Gasteiger partial charge in [0.15, 0.2) is 0 Å². The molecule has 0 aromatic heterocycles. The molecule has 2 amide bonds. The summed E-state index contributed by atoms with van der Waals surface area (Å²) in [5.74, 6) is 1.32. The number of nitrogens with one attached hydrogen (secondary N) is 1. The number of hydrogen-bond donors (Lipinski definition) is 1. The topological polar surface area (TPSA) is 58.6 Å². The van der Waals surface area contributed by atoms with Crippen molar-refractivity contribution in [3.63, 3.8) is 0 Å². The fourth-order valence-electron chi connectivity index (χ4n) is 4.33. The van der Waals surface area contributed by atoms with Crippen LogP contribution in [-0.2, 0) is 4.79 Å². The maximum Gasteiger partial charge on any atom is 0.253 e. The average Bonchev–Trinajstić information content (AvgIpc) is 2.78. The van der Waals surface area contributed by atoms with Gasteiger partial charge in [-0.15, -0.1) is 0 Å². The number of carbonyl (C=O) groups is 2. The highest BCUT2D eigenvalue weighted by Gasteiger charge is 2.27. The van der Waals surface area contributed by atoms with Crippen molar-refractivity contribution in [2.75, 3.05) is 19.7 Å². The van der Waals surface area contributed by atoms with Gasteiger partial charge in [-0.2, -0.15) is 0 Å². The van der Waals surface area contributed by atoms with E-state index in [0.717, 1.165) is 44.5 Å². The van der Waals surface area contributed by atoms with Crippen molar-refractivity contribution < 1.29 is 14.3 Å². The molecule has 160 valence electrons. The van der Waals surface area contributed by atoms with Crippen LogP contribution in [0.1, 0.15) is 81.5 Å². The van der Waals surface area contributed by atoms with Gasteiger partial charge in [0, 0.05) is 30.6 Å². The van der Waals surface area contributed by atoms with E-state index in [1.807, 2.05) is 29.2 Å². The van der Waals surface area contributed by atoms with E-state index in [2.05, 4.69) is 12.2 Å². The van der Waals surface area contributed by atoms with Gasteiger partial charge in [-0.1, -0.05) is 39.0 Å². The van der Waals surface area contributed by atoms with Gasteiger partial charge in [-0.3, -0.25) is 9.59 Å². The lowest BCUT2D eigenvalue weighted by Gasteiger charge is -2.33. The van der Waals surface area contributed by atoms with Gasteiger partial charge in [0.25, 0.3) is 5.91 Å². The molecule has 1 aromatic carbocycles. The van der Waals surface area contributed by atoms with E-state index in [0.29, 0.717) is 18.7 Å². The quantitative estimate of drug-likeness (QED) is 0.651. The van der Waals surface area contributed by atoms with Crippen LogP contribution >= 0.6 is 0 Å². The molecule has 0 unspecified atom stereocenters. The Morgan fingerprint density at radius 3 is 2.34 bits per heavy atom. The molecule has 1 aliphatic carbocycles. The molecule has 1 N–H and O–H groups in total. The number of nitrogens with zero attached hydrogens (tertiary/aromatic N) is 1. The number of likely N-dealkylation sites (tertiary alicyclic amines) is 1. The number of benzene rings is 1. The molecule has 1 aliphatic heterocycles. The Morgan fingerprint density at radius 2 is 1.69 bits per heavy atom. The summed E-state index contributed by atoms with van der Waals surface area (Å²) in [6.45, 7) is 4.29. The van der Waals surface area contributed by atoms with Crippen LogP contribution in [0.15, 0.2) is 24.3 Å². The maximum atomic E-state index is 12.8. The highest BCUT2D eigenvalue weighted by atomic mass is 16.5. The van der Waals surface area contributed by atoms with E-state index in [4.69, 9.17) is 4.74 Å². The second-order valence-electron chi connectivity index (χ2n) is 8.49. The SMILES string of the molecule is CCCCCOc1ccc(C(=O)N2CCC(NC(=O)C3CCCCC3)CC2)cc1. The number of unbranched alkanes of at least 4 members (excludes halogenated alkanes) is 2. The molecule has 0 spiro atoms. The van der Waals surface area contributed by atoms with Crippen molar-refractivity contribution in [2.24, 2.45) is 5.92 Å². The summed E-state index contributed by atoms with van der Waals surface area (Å²) < 4.78 is 5.72. The Bertz CT molecular complexity index is 645. The molecule has 1 aromatic rings. The summed E-state index contributed by atoms with van der Waals surface area (Å²) in [5.41, 5.74) is 0.704.